The molecule has 18 heavy (non-hydrogen) atoms. The second-order valence-electron chi connectivity index (χ2n) is 5.83. The number of aliphatic hydroxyl groups excluding tert-OH is 1. The van der Waals surface area contributed by atoms with Crippen LogP contribution >= 0.6 is 0 Å². The van der Waals surface area contributed by atoms with E-state index < -0.39 is 0 Å². The van der Waals surface area contributed by atoms with Gasteiger partial charge in [0.05, 0.1) is 12.6 Å². The Hall–Kier alpha value is -0.610. The molecule has 0 bridgehead atoms. The minimum atomic E-state index is -0.314. The lowest BCUT2D eigenvalue weighted by Gasteiger charge is -2.26. The van der Waals surface area contributed by atoms with Gasteiger partial charge in [0.15, 0.2) is 0 Å². The van der Waals surface area contributed by atoms with Gasteiger partial charge in [0, 0.05) is 18.6 Å². The highest BCUT2D eigenvalue weighted by molar-refractivity contribution is 5.78. The van der Waals surface area contributed by atoms with Crippen LogP contribution in [0.1, 0.15) is 51.9 Å². The lowest BCUT2D eigenvalue weighted by molar-refractivity contribution is -0.131. The first-order valence-corrected chi connectivity index (χ1v) is 7.37. The van der Waals surface area contributed by atoms with Crippen molar-refractivity contribution in [2.75, 3.05) is 13.1 Å². The normalized spacial score (nSPS) is 26.8. The molecule has 4 heteroatoms. The van der Waals surface area contributed by atoms with E-state index in [1.807, 2.05) is 4.90 Å². The van der Waals surface area contributed by atoms with Crippen molar-refractivity contribution in [2.45, 2.75) is 70.1 Å². The highest BCUT2D eigenvalue weighted by atomic mass is 16.3. The Kier molecular flexibility index (Phi) is 5.01. The van der Waals surface area contributed by atoms with E-state index in [2.05, 4.69) is 5.32 Å². The van der Waals surface area contributed by atoms with Crippen LogP contribution in [0.4, 0.5) is 0 Å². The van der Waals surface area contributed by atoms with Gasteiger partial charge < -0.3 is 15.3 Å². The van der Waals surface area contributed by atoms with Crippen LogP contribution in [0, 0.1) is 0 Å². The predicted molar refractivity (Wildman–Crippen MR) is 71.3 cm³/mol. The minimum Gasteiger partial charge on any atom is -0.393 e. The molecular weight excluding hydrogens is 228 g/mol. The maximum absolute atomic E-state index is 12.2. The van der Waals surface area contributed by atoms with Gasteiger partial charge in [-0.25, -0.2) is 0 Å². The van der Waals surface area contributed by atoms with E-state index in [1.54, 1.807) is 6.92 Å². The van der Waals surface area contributed by atoms with E-state index in [1.165, 1.54) is 25.7 Å². The maximum Gasteiger partial charge on any atom is 0.236 e. The topological polar surface area (TPSA) is 52.6 Å². The van der Waals surface area contributed by atoms with E-state index in [-0.39, 0.29) is 18.1 Å². The summed E-state index contributed by atoms with van der Waals surface area (Å²) in [5, 5.41) is 12.8. The number of hydrogen-bond acceptors (Lipinski definition) is 3. The summed E-state index contributed by atoms with van der Waals surface area (Å²) in [5.74, 6) is 0.213. The minimum absolute atomic E-state index is 0.213. The highest BCUT2D eigenvalue weighted by Crippen LogP contribution is 2.22. The number of nitrogens with zero attached hydrogens (tertiary/aromatic N) is 1. The number of aliphatic hydroxyl groups is 1. The molecule has 4 nitrogen and oxygen atoms in total. The number of carbonyl (C=O) groups excluding carboxylic acids is 1. The SMILES string of the molecule is CC(O)CC1CCCN1C(=O)CNC1CCCC1. The summed E-state index contributed by atoms with van der Waals surface area (Å²) >= 11 is 0. The molecule has 2 rings (SSSR count). The standard InChI is InChI=1S/C14H26N2O2/c1-11(17)9-13-7-4-8-16(13)14(18)10-15-12-5-2-3-6-12/h11-13,15,17H,2-10H2,1H3. The van der Waals surface area contributed by atoms with Gasteiger partial charge in [-0.1, -0.05) is 12.8 Å². The Morgan fingerprint density at radius 3 is 2.72 bits per heavy atom. The van der Waals surface area contributed by atoms with E-state index in [0.29, 0.717) is 12.6 Å². The van der Waals surface area contributed by atoms with Crippen LogP contribution in [-0.4, -0.2) is 47.2 Å². The second kappa shape index (κ2) is 6.53. The lowest BCUT2D eigenvalue weighted by atomic mass is 10.1. The zero-order chi connectivity index (χ0) is 13.0. The molecule has 0 radical (unpaired) electrons. The number of nitrogens with one attached hydrogen (secondary N) is 1. The quantitative estimate of drug-likeness (QED) is 0.777. The summed E-state index contributed by atoms with van der Waals surface area (Å²) in [4.78, 5) is 14.1. The number of rotatable bonds is 5. The summed E-state index contributed by atoms with van der Waals surface area (Å²) in [6.07, 6.45) is 7.53. The van der Waals surface area contributed by atoms with Crippen molar-refractivity contribution in [2.24, 2.45) is 0 Å². The van der Waals surface area contributed by atoms with E-state index >= 15 is 0 Å². The van der Waals surface area contributed by atoms with Crippen molar-refractivity contribution in [3.05, 3.63) is 0 Å². The zero-order valence-electron chi connectivity index (χ0n) is 11.4. The fourth-order valence-electron chi connectivity index (χ4n) is 3.27. The van der Waals surface area contributed by atoms with Gasteiger partial charge in [-0.05, 0) is 39.0 Å². The summed E-state index contributed by atoms with van der Waals surface area (Å²) in [6.45, 7) is 3.14. The van der Waals surface area contributed by atoms with Crippen molar-refractivity contribution >= 4 is 5.91 Å². The molecule has 1 heterocycles. The average Bonchev–Trinajstić information content (AvgIpc) is 2.95. The molecule has 0 aromatic rings. The predicted octanol–water partition coefficient (Wildman–Crippen LogP) is 1.28. The third kappa shape index (κ3) is 3.69. The Labute approximate surface area is 110 Å². The molecule has 2 unspecified atom stereocenters. The largest absolute Gasteiger partial charge is 0.393 e. The number of hydrogen-bond donors (Lipinski definition) is 2. The maximum atomic E-state index is 12.2. The van der Waals surface area contributed by atoms with Gasteiger partial charge in [0.25, 0.3) is 0 Å². The number of likely N-dealkylation sites (tertiary alicyclic amines) is 1. The van der Waals surface area contributed by atoms with Gasteiger partial charge in [-0.2, -0.15) is 0 Å². The molecule has 1 amide bonds. The summed E-state index contributed by atoms with van der Waals surface area (Å²) in [5.41, 5.74) is 0. The smallest absolute Gasteiger partial charge is 0.236 e. The Balaban J connectivity index is 1.76. The van der Waals surface area contributed by atoms with Gasteiger partial charge in [0.1, 0.15) is 0 Å². The Morgan fingerprint density at radius 2 is 2.06 bits per heavy atom. The molecule has 0 aromatic carbocycles. The Bertz CT molecular complexity index is 275. The van der Waals surface area contributed by atoms with Crippen LogP contribution in [0.3, 0.4) is 0 Å². The van der Waals surface area contributed by atoms with E-state index in [4.69, 9.17) is 0 Å². The van der Waals surface area contributed by atoms with Crippen molar-refractivity contribution in [1.29, 1.82) is 0 Å². The molecule has 2 fully saturated rings. The molecule has 1 aliphatic heterocycles. The van der Waals surface area contributed by atoms with Crippen LogP contribution in [0.5, 0.6) is 0 Å². The Morgan fingerprint density at radius 1 is 1.33 bits per heavy atom. The monoisotopic (exact) mass is 254 g/mol. The molecule has 1 aliphatic carbocycles. The summed E-state index contributed by atoms with van der Waals surface area (Å²) < 4.78 is 0. The van der Waals surface area contributed by atoms with Crippen molar-refractivity contribution < 1.29 is 9.90 Å². The molecule has 2 atom stereocenters. The number of amides is 1. The van der Waals surface area contributed by atoms with Crippen molar-refractivity contribution in [3.63, 3.8) is 0 Å². The number of carbonyl (C=O) groups is 1. The van der Waals surface area contributed by atoms with Crippen LogP contribution in [0.2, 0.25) is 0 Å². The van der Waals surface area contributed by atoms with Gasteiger partial charge in [-0.15, -0.1) is 0 Å². The molecule has 1 saturated heterocycles. The molecule has 104 valence electrons. The highest BCUT2D eigenvalue weighted by Gasteiger charge is 2.29. The first-order chi connectivity index (χ1) is 8.66. The summed E-state index contributed by atoms with van der Waals surface area (Å²) in [7, 11) is 0. The second-order valence-corrected chi connectivity index (χ2v) is 5.83. The van der Waals surface area contributed by atoms with Gasteiger partial charge in [0.2, 0.25) is 5.91 Å². The van der Waals surface area contributed by atoms with Crippen LogP contribution in [0.15, 0.2) is 0 Å². The lowest BCUT2D eigenvalue weighted by Crippen LogP contribution is -2.44. The third-order valence-electron chi connectivity index (χ3n) is 4.21. The molecule has 0 aromatic heterocycles. The van der Waals surface area contributed by atoms with E-state index in [0.717, 1.165) is 25.8 Å². The van der Waals surface area contributed by atoms with Crippen LogP contribution < -0.4 is 5.32 Å². The summed E-state index contributed by atoms with van der Waals surface area (Å²) in [6, 6.07) is 0.801. The fourth-order valence-corrected chi connectivity index (χ4v) is 3.27. The molecule has 0 spiro atoms. The molecule has 1 saturated carbocycles. The zero-order valence-corrected chi connectivity index (χ0v) is 11.4. The first kappa shape index (κ1) is 13.8. The fraction of sp³-hybridized carbons (Fsp3) is 0.929. The first-order valence-electron chi connectivity index (χ1n) is 7.37. The average molecular weight is 254 g/mol. The van der Waals surface area contributed by atoms with Crippen molar-refractivity contribution in [3.8, 4) is 0 Å². The van der Waals surface area contributed by atoms with Crippen LogP contribution in [0.25, 0.3) is 0 Å². The van der Waals surface area contributed by atoms with Gasteiger partial charge >= 0.3 is 0 Å². The van der Waals surface area contributed by atoms with Crippen LogP contribution in [-0.2, 0) is 4.79 Å². The molecule has 2 N–H and O–H groups in total. The third-order valence-corrected chi connectivity index (χ3v) is 4.21. The van der Waals surface area contributed by atoms with Gasteiger partial charge in [-0.3, -0.25) is 4.79 Å². The van der Waals surface area contributed by atoms with E-state index in [9.17, 15) is 9.90 Å². The van der Waals surface area contributed by atoms with Crippen molar-refractivity contribution in [1.82, 2.24) is 10.2 Å². The molecular formula is C14H26N2O2. The molecule has 2 aliphatic rings.